The molecule has 2 unspecified atom stereocenters. The van der Waals surface area contributed by atoms with Crippen LogP contribution in [0, 0.1) is 6.92 Å². The molecule has 0 amide bonds. The number of ether oxygens (including phenoxy) is 1. The van der Waals surface area contributed by atoms with Gasteiger partial charge in [0, 0.05) is 6.04 Å². The molecule has 2 rings (SSSR count). The molecule has 0 aliphatic carbocycles. The van der Waals surface area contributed by atoms with Crippen molar-refractivity contribution in [1.29, 1.82) is 0 Å². The van der Waals surface area contributed by atoms with Gasteiger partial charge in [0.2, 0.25) is 0 Å². The van der Waals surface area contributed by atoms with Crippen LogP contribution in [0.3, 0.4) is 0 Å². The number of benzene rings is 1. The zero-order valence-corrected chi connectivity index (χ0v) is 12.0. The van der Waals surface area contributed by atoms with Crippen molar-refractivity contribution >= 4 is 15.9 Å². The van der Waals surface area contributed by atoms with Crippen LogP contribution in [-0.2, 0) is 0 Å². The summed E-state index contributed by atoms with van der Waals surface area (Å²) in [5.74, 6) is 2.36. The van der Waals surface area contributed by atoms with Crippen molar-refractivity contribution in [2.45, 2.75) is 26.0 Å². The zero-order chi connectivity index (χ0) is 13.1. The largest absolute Gasteiger partial charge is 0.480 e. The lowest BCUT2D eigenvalue weighted by Gasteiger charge is -2.21. The van der Waals surface area contributed by atoms with Gasteiger partial charge in [-0.25, -0.2) is 0 Å². The second kappa shape index (κ2) is 5.59. The van der Waals surface area contributed by atoms with Crippen molar-refractivity contribution in [2.75, 3.05) is 0 Å². The fraction of sp³-hybridized carbons (Fsp3) is 0.286. The molecular weight excluding hydrogens is 294 g/mol. The monoisotopic (exact) mass is 309 g/mol. The Hall–Kier alpha value is -1.26. The van der Waals surface area contributed by atoms with Gasteiger partial charge in [0.15, 0.2) is 6.10 Å². The number of aryl methyl sites for hydroxylation is 1. The fourth-order valence-corrected chi connectivity index (χ4v) is 2.09. The molecule has 0 bridgehead atoms. The van der Waals surface area contributed by atoms with Gasteiger partial charge in [-0.1, -0.05) is 12.1 Å². The van der Waals surface area contributed by atoms with E-state index in [1.807, 2.05) is 50.2 Å². The van der Waals surface area contributed by atoms with Gasteiger partial charge < -0.3 is 14.9 Å². The van der Waals surface area contributed by atoms with E-state index in [1.54, 1.807) is 0 Å². The number of para-hydroxylation sites is 1. The SMILES string of the molecule is Cc1ccc(C(Oc2ccccc2Br)C(C)N)o1. The smallest absolute Gasteiger partial charge is 0.171 e. The van der Waals surface area contributed by atoms with Gasteiger partial charge in [0.1, 0.15) is 17.3 Å². The van der Waals surface area contributed by atoms with Gasteiger partial charge >= 0.3 is 0 Å². The summed E-state index contributed by atoms with van der Waals surface area (Å²) in [5, 5.41) is 0. The van der Waals surface area contributed by atoms with E-state index in [0.29, 0.717) is 0 Å². The predicted molar refractivity (Wildman–Crippen MR) is 74.6 cm³/mol. The average Bonchev–Trinajstić information content (AvgIpc) is 2.74. The molecule has 1 aromatic carbocycles. The minimum atomic E-state index is -0.294. The summed E-state index contributed by atoms with van der Waals surface area (Å²) in [6.07, 6.45) is -0.294. The molecule has 3 nitrogen and oxygen atoms in total. The van der Waals surface area contributed by atoms with Crippen LogP contribution in [0.4, 0.5) is 0 Å². The van der Waals surface area contributed by atoms with Gasteiger partial charge in [-0.05, 0) is 54.0 Å². The average molecular weight is 310 g/mol. The normalized spacial score (nSPS) is 14.2. The lowest BCUT2D eigenvalue weighted by molar-refractivity contribution is 0.151. The van der Waals surface area contributed by atoms with Gasteiger partial charge in [-0.15, -0.1) is 0 Å². The molecule has 2 N–H and O–H groups in total. The first-order chi connectivity index (χ1) is 8.58. The highest BCUT2D eigenvalue weighted by Gasteiger charge is 2.22. The van der Waals surface area contributed by atoms with Crippen LogP contribution in [0.5, 0.6) is 5.75 Å². The summed E-state index contributed by atoms with van der Waals surface area (Å²) in [5.41, 5.74) is 5.98. The maximum atomic E-state index is 5.98. The van der Waals surface area contributed by atoms with Crippen LogP contribution in [-0.4, -0.2) is 6.04 Å². The summed E-state index contributed by atoms with van der Waals surface area (Å²) >= 11 is 3.46. The summed E-state index contributed by atoms with van der Waals surface area (Å²) in [6.45, 7) is 3.81. The molecule has 0 fully saturated rings. The minimum absolute atomic E-state index is 0.164. The third kappa shape index (κ3) is 2.94. The summed E-state index contributed by atoms with van der Waals surface area (Å²) in [6, 6.07) is 11.3. The van der Waals surface area contributed by atoms with Crippen molar-refractivity contribution in [3.63, 3.8) is 0 Å². The first-order valence-electron chi connectivity index (χ1n) is 5.81. The Balaban J connectivity index is 2.25. The van der Waals surface area contributed by atoms with Crippen molar-refractivity contribution in [2.24, 2.45) is 5.73 Å². The minimum Gasteiger partial charge on any atom is -0.480 e. The molecule has 0 aliphatic rings. The van der Waals surface area contributed by atoms with Crippen molar-refractivity contribution in [1.82, 2.24) is 0 Å². The van der Waals surface area contributed by atoms with Crippen LogP contribution in [0.2, 0.25) is 0 Å². The zero-order valence-electron chi connectivity index (χ0n) is 10.4. The molecule has 96 valence electrons. The quantitative estimate of drug-likeness (QED) is 0.934. The van der Waals surface area contributed by atoms with E-state index in [4.69, 9.17) is 14.9 Å². The van der Waals surface area contributed by atoms with Crippen LogP contribution >= 0.6 is 15.9 Å². The van der Waals surface area contributed by atoms with E-state index in [-0.39, 0.29) is 12.1 Å². The number of furan rings is 1. The predicted octanol–water partition coefficient (Wildman–Crippen LogP) is 3.82. The third-order valence-electron chi connectivity index (χ3n) is 2.61. The molecule has 2 atom stereocenters. The summed E-state index contributed by atoms with van der Waals surface area (Å²) in [7, 11) is 0. The van der Waals surface area contributed by atoms with E-state index < -0.39 is 0 Å². The Morgan fingerprint density at radius 3 is 2.50 bits per heavy atom. The molecule has 0 aliphatic heterocycles. The molecule has 0 radical (unpaired) electrons. The van der Waals surface area contributed by atoms with Gasteiger partial charge in [0.05, 0.1) is 4.47 Å². The number of nitrogens with two attached hydrogens (primary N) is 1. The lowest BCUT2D eigenvalue weighted by atomic mass is 10.1. The standard InChI is InChI=1S/C14H16BrNO2/c1-9-7-8-13(17-9)14(10(2)16)18-12-6-4-3-5-11(12)15/h3-8,10,14H,16H2,1-2H3. The highest BCUT2D eigenvalue weighted by atomic mass is 79.9. The van der Waals surface area contributed by atoms with Gasteiger partial charge in [-0.3, -0.25) is 0 Å². The van der Waals surface area contributed by atoms with Gasteiger partial charge in [0.25, 0.3) is 0 Å². The molecule has 1 heterocycles. The van der Waals surface area contributed by atoms with E-state index >= 15 is 0 Å². The Bertz CT molecular complexity index is 522. The molecule has 18 heavy (non-hydrogen) atoms. The number of halogens is 1. The van der Waals surface area contributed by atoms with Crippen LogP contribution < -0.4 is 10.5 Å². The fourth-order valence-electron chi connectivity index (χ4n) is 1.71. The Labute approximate surface area is 115 Å². The van der Waals surface area contributed by atoms with Crippen LogP contribution in [0.25, 0.3) is 0 Å². The Morgan fingerprint density at radius 2 is 1.94 bits per heavy atom. The van der Waals surface area contributed by atoms with E-state index in [1.165, 1.54) is 0 Å². The molecule has 1 aromatic heterocycles. The molecule has 0 saturated heterocycles. The first-order valence-corrected chi connectivity index (χ1v) is 6.60. The number of hydrogen-bond donors (Lipinski definition) is 1. The van der Waals surface area contributed by atoms with Crippen LogP contribution in [0.15, 0.2) is 45.3 Å². The first kappa shape index (κ1) is 13.2. The number of rotatable bonds is 4. The molecule has 0 saturated carbocycles. The van der Waals surface area contributed by atoms with Gasteiger partial charge in [-0.2, -0.15) is 0 Å². The molecule has 0 spiro atoms. The molecule has 2 aromatic rings. The van der Waals surface area contributed by atoms with E-state index in [9.17, 15) is 0 Å². The molecule has 4 heteroatoms. The highest BCUT2D eigenvalue weighted by Crippen LogP contribution is 2.30. The maximum Gasteiger partial charge on any atom is 0.171 e. The van der Waals surface area contributed by atoms with Crippen molar-refractivity contribution in [3.05, 3.63) is 52.4 Å². The Morgan fingerprint density at radius 1 is 1.22 bits per heavy atom. The topological polar surface area (TPSA) is 48.4 Å². The summed E-state index contributed by atoms with van der Waals surface area (Å²) < 4.78 is 12.4. The van der Waals surface area contributed by atoms with Crippen molar-refractivity contribution in [3.8, 4) is 5.75 Å². The highest BCUT2D eigenvalue weighted by molar-refractivity contribution is 9.10. The third-order valence-corrected chi connectivity index (χ3v) is 3.26. The lowest BCUT2D eigenvalue weighted by Crippen LogP contribution is -2.28. The Kier molecular flexibility index (Phi) is 4.09. The van der Waals surface area contributed by atoms with Crippen molar-refractivity contribution < 1.29 is 9.15 Å². The summed E-state index contributed by atoms with van der Waals surface area (Å²) in [4.78, 5) is 0. The second-order valence-electron chi connectivity index (χ2n) is 4.28. The van der Waals surface area contributed by atoms with E-state index in [2.05, 4.69) is 15.9 Å². The van der Waals surface area contributed by atoms with E-state index in [0.717, 1.165) is 21.7 Å². The maximum absolute atomic E-state index is 5.98. The second-order valence-corrected chi connectivity index (χ2v) is 5.13. The number of hydrogen-bond acceptors (Lipinski definition) is 3. The molecular formula is C14H16BrNO2. The van der Waals surface area contributed by atoms with Crippen LogP contribution in [0.1, 0.15) is 24.5 Å².